The second kappa shape index (κ2) is 5.04. The van der Waals surface area contributed by atoms with Crippen LogP contribution in [0, 0.1) is 0 Å². The predicted octanol–water partition coefficient (Wildman–Crippen LogP) is 0.902. The van der Waals surface area contributed by atoms with Crippen LogP contribution >= 0.6 is 0 Å². The third kappa shape index (κ3) is 2.33. The lowest BCUT2D eigenvalue weighted by Crippen LogP contribution is -2.05. The number of rotatable bonds is 3. The molecular formula is C13H11N5O2. The summed E-state index contributed by atoms with van der Waals surface area (Å²) in [6, 6.07) is 3.77. The monoisotopic (exact) mass is 269 g/mol. The van der Waals surface area contributed by atoms with Crippen molar-refractivity contribution < 1.29 is 9.53 Å². The molecule has 0 spiro atoms. The fourth-order valence-electron chi connectivity index (χ4n) is 1.79. The van der Waals surface area contributed by atoms with E-state index in [9.17, 15) is 4.79 Å². The first-order chi connectivity index (χ1) is 9.76. The summed E-state index contributed by atoms with van der Waals surface area (Å²) in [5, 5.41) is 4.21. The fourth-order valence-corrected chi connectivity index (χ4v) is 1.79. The van der Waals surface area contributed by atoms with E-state index >= 15 is 0 Å². The molecule has 0 radical (unpaired) electrons. The molecule has 0 unspecified atom stereocenters. The van der Waals surface area contributed by atoms with Gasteiger partial charge in [-0.1, -0.05) is 0 Å². The molecule has 7 nitrogen and oxygen atoms in total. The second-order valence-corrected chi connectivity index (χ2v) is 4.10. The van der Waals surface area contributed by atoms with E-state index in [2.05, 4.69) is 24.8 Å². The largest absolute Gasteiger partial charge is 0.469 e. The first kappa shape index (κ1) is 12.2. The van der Waals surface area contributed by atoms with E-state index < -0.39 is 0 Å². The summed E-state index contributed by atoms with van der Waals surface area (Å²) in [4.78, 5) is 23.6. The Kier molecular flexibility index (Phi) is 3.08. The lowest BCUT2D eigenvalue weighted by atomic mass is 10.1. The van der Waals surface area contributed by atoms with Gasteiger partial charge in [-0.25, -0.2) is 9.50 Å². The molecule has 0 aliphatic heterocycles. The van der Waals surface area contributed by atoms with E-state index in [1.807, 2.05) is 18.3 Å². The van der Waals surface area contributed by atoms with E-state index in [-0.39, 0.29) is 12.4 Å². The van der Waals surface area contributed by atoms with Gasteiger partial charge in [0.2, 0.25) is 0 Å². The number of carbonyl (C=O) groups is 1. The number of methoxy groups -OCH3 is 1. The van der Waals surface area contributed by atoms with Gasteiger partial charge in [-0.15, -0.1) is 5.10 Å². The lowest BCUT2D eigenvalue weighted by molar-refractivity contribution is -0.139. The summed E-state index contributed by atoms with van der Waals surface area (Å²) in [6.07, 6.45) is 6.98. The average molecular weight is 269 g/mol. The SMILES string of the molecule is COC(=O)Cc1nc2ncc(-c3ccncc3)cn2n1. The van der Waals surface area contributed by atoms with Crippen molar-refractivity contribution in [3.63, 3.8) is 0 Å². The lowest BCUT2D eigenvalue weighted by Gasteiger charge is -1.99. The van der Waals surface area contributed by atoms with E-state index in [0.717, 1.165) is 11.1 Å². The van der Waals surface area contributed by atoms with Crippen LogP contribution in [0.25, 0.3) is 16.9 Å². The minimum atomic E-state index is -0.379. The Labute approximate surface area is 114 Å². The van der Waals surface area contributed by atoms with Crippen LogP contribution < -0.4 is 0 Å². The highest BCUT2D eigenvalue weighted by molar-refractivity contribution is 5.71. The standard InChI is InChI=1S/C13H11N5O2/c1-20-12(19)6-11-16-13-15-7-10(8-18(13)17-11)9-2-4-14-5-3-9/h2-5,7-8H,6H2,1H3. The van der Waals surface area contributed by atoms with Crippen molar-refractivity contribution in [1.29, 1.82) is 0 Å². The highest BCUT2D eigenvalue weighted by Gasteiger charge is 2.10. The zero-order valence-electron chi connectivity index (χ0n) is 10.7. The second-order valence-electron chi connectivity index (χ2n) is 4.10. The number of ether oxygens (including phenoxy) is 1. The predicted molar refractivity (Wildman–Crippen MR) is 69.7 cm³/mol. The third-order valence-corrected chi connectivity index (χ3v) is 2.78. The molecule has 3 aromatic heterocycles. The first-order valence-corrected chi connectivity index (χ1v) is 5.95. The van der Waals surface area contributed by atoms with Gasteiger partial charge in [0.05, 0.1) is 7.11 Å². The molecule has 3 rings (SSSR count). The summed E-state index contributed by atoms with van der Waals surface area (Å²) >= 11 is 0. The molecule has 0 atom stereocenters. The molecule has 100 valence electrons. The van der Waals surface area contributed by atoms with E-state index in [1.165, 1.54) is 7.11 Å². The van der Waals surface area contributed by atoms with Gasteiger partial charge in [0.25, 0.3) is 5.78 Å². The van der Waals surface area contributed by atoms with Gasteiger partial charge in [-0.05, 0) is 17.7 Å². The summed E-state index contributed by atoms with van der Waals surface area (Å²) < 4.78 is 6.14. The Bertz CT molecular complexity index is 754. The summed E-state index contributed by atoms with van der Waals surface area (Å²) in [5.41, 5.74) is 1.88. The maximum atomic E-state index is 11.2. The summed E-state index contributed by atoms with van der Waals surface area (Å²) in [7, 11) is 1.33. The van der Waals surface area contributed by atoms with Crippen molar-refractivity contribution in [3.8, 4) is 11.1 Å². The van der Waals surface area contributed by atoms with Crippen LogP contribution in [0.2, 0.25) is 0 Å². The van der Waals surface area contributed by atoms with Gasteiger partial charge in [-0.3, -0.25) is 9.78 Å². The quantitative estimate of drug-likeness (QED) is 0.657. The molecule has 3 heterocycles. The molecule has 0 aliphatic rings. The molecule has 0 saturated carbocycles. The zero-order valence-corrected chi connectivity index (χ0v) is 10.7. The van der Waals surface area contributed by atoms with Crippen LogP contribution in [0.3, 0.4) is 0 Å². The van der Waals surface area contributed by atoms with E-state index in [1.54, 1.807) is 23.1 Å². The average Bonchev–Trinajstić information content (AvgIpc) is 2.89. The smallest absolute Gasteiger partial charge is 0.313 e. The summed E-state index contributed by atoms with van der Waals surface area (Å²) in [5.74, 6) is 0.452. The molecule has 7 heteroatoms. The van der Waals surface area contributed by atoms with Crippen LogP contribution in [0.5, 0.6) is 0 Å². The van der Waals surface area contributed by atoms with Crippen molar-refractivity contribution in [2.75, 3.05) is 7.11 Å². The number of aromatic nitrogens is 5. The van der Waals surface area contributed by atoms with Crippen LogP contribution in [0.4, 0.5) is 0 Å². The maximum Gasteiger partial charge on any atom is 0.313 e. The Balaban J connectivity index is 1.97. The fraction of sp³-hybridized carbons (Fsp3) is 0.154. The van der Waals surface area contributed by atoms with Gasteiger partial charge in [0.15, 0.2) is 5.82 Å². The zero-order chi connectivity index (χ0) is 13.9. The number of nitrogens with zero attached hydrogens (tertiary/aromatic N) is 5. The highest BCUT2D eigenvalue weighted by Crippen LogP contribution is 2.16. The topological polar surface area (TPSA) is 82.3 Å². The van der Waals surface area contributed by atoms with Crippen molar-refractivity contribution in [3.05, 3.63) is 42.7 Å². The van der Waals surface area contributed by atoms with Crippen LogP contribution in [0.1, 0.15) is 5.82 Å². The number of hydrogen-bond acceptors (Lipinski definition) is 6. The number of esters is 1. The number of fused-ring (bicyclic) bond motifs is 1. The van der Waals surface area contributed by atoms with Gasteiger partial charge in [-0.2, -0.15) is 4.98 Å². The molecule has 0 amide bonds. The molecular weight excluding hydrogens is 258 g/mol. The van der Waals surface area contributed by atoms with E-state index in [0.29, 0.717) is 11.6 Å². The van der Waals surface area contributed by atoms with Crippen LogP contribution in [0.15, 0.2) is 36.9 Å². The molecule has 20 heavy (non-hydrogen) atoms. The van der Waals surface area contributed by atoms with Gasteiger partial charge < -0.3 is 4.74 Å². The van der Waals surface area contributed by atoms with E-state index in [4.69, 9.17) is 0 Å². The van der Waals surface area contributed by atoms with Gasteiger partial charge in [0, 0.05) is 30.4 Å². The number of pyridine rings is 1. The third-order valence-electron chi connectivity index (χ3n) is 2.78. The minimum Gasteiger partial charge on any atom is -0.469 e. The Morgan fingerprint density at radius 2 is 2.10 bits per heavy atom. The Morgan fingerprint density at radius 1 is 1.30 bits per heavy atom. The van der Waals surface area contributed by atoms with Gasteiger partial charge in [0.1, 0.15) is 6.42 Å². The van der Waals surface area contributed by atoms with Gasteiger partial charge >= 0.3 is 5.97 Å². The van der Waals surface area contributed by atoms with Crippen LogP contribution in [-0.2, 0) is 16.0 Å². The van der Waals surface area contributed by atoms with Crippen molar-refractivity contribution in [2.45, 2.75) is 6.42 Å². The van der Waals surface area contributed by atoms with Crippen molar-refractivity contribution in [2.24, 2.45) is 0 Å². The minimum absolute atomic E-state index is 0.0322. The first-order valence-electron chi connectivity index (χ1n) is 5.95. The molecule has 0 aromatic carbocycles. The number of hydrogen-bond donors (Lipinski definition) is 0. The molecule has 0 fully saturated rings. The Hall–Kier alpha value is -2.83. The normalized spacial score (nSPS) is 10.7. The molecule has 3 aromatic rings. The molecule has 0 bridgehead atoms. The highest BCUT2D eigenvalue weighted by atomic mass is 16.5. The molecule has 0 N–H and O–H groups in total. The van der Waals surface area contributed by atoms with Crippen LogP contribution in [-0.4, -0.2) is 37.6 Å². The molecule has 0 saturated heterocycles. The Morgan fingerprint density at radius 3 is 2.85 bits per heavy atom. The molecule has 0 aliphatic carbocycles. The summed E-state index contributed by atoms with van der Waals surface area (Å²) in [6.45, 7) is 0. The van der Waals surface area contributed by atoms with Crippen molar-refractivity contribution >= 4 is 11.7 Å². The van der Waals surface area contributed by atoms with Crippen molar-refractivity contribution in [1.82, 2.24) is 24.6 Å². The number of carbonyl (C=O) groups excluding carboxylic acids is 1. The maximum absolute atomic E-state index is 11.2.